The van der Waals surface area contributed by atoms with Crippen molar-refractivity contribution in [2.45, 2.75) is 0 Å². The van der Waals surface area contributed by atoms with E-state index in [9.17, 15) is 4.79 Å². The van der Waals surface area contributed by atoms with Crippen LogP contribution in [0.2, 0.25) is 0 Å². The van der Waals surface area contributed by atoms with Gasteiger partial charge in [-0.1, -0.05) is 18.7 Å². The Bertz CT molecular complexity index is 591. The molecule has 0 unspecified atom stereocenters. The number of aldehydes is 1. The fraction of sp³-hybridized carbons (Fsp3) is 0. The quantitative estimate of drug-likeness (QED) is 0.685. The second-order valence-corrected chi connectivity index (χ2v) is 4.06. The van der Waals surface area contributed by atoms with Gasteiger partial charge >= 0.3 is 0 Å². The van der Waals surface area contributed by atoms with Crippen LogP contribution in [0.5, 0.6) is 11.5 Å². The van der Waals surface area contributed by atoms with E-state index >= 15 is 0 Å². The van der Waals surface area contributed by atoms with Crippen LogP contribution in [-0.2, 0) is 0 Å². The molecule has 0 bridgehead atoms. The maximum atomic E-state index is 10.7. The van der Waals surface area contributed by atoms with Crippen molar-refractivity contribution in [1.82, 2.24) is 0 Å². The zero-order valence-corrected chi connectivity index (χ0v) is 9.64. The zero-order valence-electron chi connectivity index (χ0n) is 9.64. The molecule has 0 radical (unpaired) electrons. The highest BCUT2D eigenvalue weighted by Gasteiger charge is 2.16. The highest BCUT2D eigenvalue weighted by Crippen LogP contribution is 2.42. The number of hydrogen-bond acceptors (Lipinski definition) is 3. The minimum atomic E-state index is 0.596. The molecular formula is C15H11NO2. The van der Waals surface area contributed by atoms with Gasteiger partial charge in [0.15, 0.2) is 11.5 Å². The lowest BCUT2D eigenvalue weighted by Crippen LogP contribution is -2.03. The van der Waals surface area contributed by atoms with Crippen LogP contribution in [0.1, 0.15) is 15.9 Å². The third-order valence-electron chi connectivity index (χ3n) is 2.87. The topological polar surface area (TPSA) is 38.3 Å². The van der Waals surface area contributed by atoms with Gasteiger partial charge in [0.05, 0.1) is 11.4 Å². The summed E-state index contributed by atoms with van der Waals surface area (Å²) in [5.74, 6) is 1.40. The molecule has 0 spiro atoms. The molecule has 3 nitrogen and oxygen atoms in total. The van der Waals surface area contributed by atoms with Crippen molar-refractivity contribution in [2.24, 2.45) is 0 Å². The molecule has 0 atom stereocenters. The third kappa shape index (κ3) is 1.66. The van der Waals surface area contributed by atoms with Crippen LogP contribution < -0.4 is 10.1 Å². The summed E-state index contributed by atoms with van der Waals surface area (Å²) in [6.07, 6.45) is 2.57. The summed E-state index contributed by atoms with van der Waals surface area (Å²) in [4.78, 5) is 10.7. The fourth-order valence-electron chi connectivity index (χ4n) is 1.92. The van der Waals surface area contributed by atoms with Crippen molar-refractivity contribution >= 4 is 23.7 Å². The molecule has 1 aliphatic rings. The smallest absolute Gasteiger partial charge is 0.151 e. The molecular weight excluding hydrogens is 226 g/mol. The Morgan fingerprint density at radius 1 is 1.00 bits per heavy atom. The molecule has 3 heteroatoms. The lowest BCUT2D eigenvalue weighted by atomic mass is 10.1. The van der Waals surface area contributed by atoms with E-state index in [-0.39, 0.29) is 0 Å². The first-order chi connectivity index (χ1) is 8.80. The van der Waals surface area contributed by atoms with E-state index in [0.29, 0.717) is 11.3 Å². The molecule has 2 aromatic rings. The molecule has 0 saturated carbocycles. The minimum Gasteiger partial charge on any atom is -0.453 e. The van der Waals surface area contributed by atoms with Crippen molar-refractivity contribution < 1.29 is 9.53 Å². The summed E-state index contributed by atoms with van der Waals surface area (Å²) in [5.41, 5.74) is 3.36. The van der Waals surface area contributed by atoms with Crippen LogP contribution in [0.15, 0.2) is 43.0 Å². The summed E-state index contributed by atoms with van der Waals surface area (Å²) in [6.45, 7) is 3.73. The van der Waals surface area contributed by atoms with Gasteiger partial charge in [-0.25, -0.2) is 0 Å². The van der Waals surface area contributed by atoms with E-state index in [1.54, 1.807) is 18.2 Å². The Morgan fingerprint density at radius 2 is 1.61 bits per heavy atom. The van der Waals surface area contributed by atoms with Crippen molar-refractivity contribution in [3.63, 3.8) is 0 Å². The molecule has 1 aliphatic heterocycles. The Kier molecular flexibility index (Phi) is 2.38. The van der Waals surface area contributed by atoms with Gasteiger partial charge in [-0.3, -0.25) is 4.79 Å². The van der Waals surface area contributed by atoms with E-state index in [1.807, 2.05) is 24.3 Å². The third-order valence-corrected chi connectivity index (χ3v) is 2.87. The number of benzene rings is 2. The highest BCUT2D eigenvalue weighted by atomic mass is 16.5. The fourth-order valence-corrected chi connectivity index (χ4v) is 1.92. The van der Waals surface area contributed by atoms with E-state index in [0.717, 1.165) is 29.0 Å². The number of carbonyl (C=O) groups excluding carboxylic acids is 1. The van der Waals surface area contributed by atoms with Gasteiger partial charge < -0.3 is 10.1 Å². The Hall–Kier alpha value is -2.55. The van der Waals surface area contributed by atoms with Gasteiger partial charge in [-0.15, -0.1) is 0 Å². The molecule has 0 aliphatic carbocycles. The Balaban J connectivity index is 2.06. The van der Waals surface area contributed by atoms with Gasteiger partial charge in [-0.2, -0.15) is 0 Å². The molecule has 0 aromatic heterocycles. The predicted molar refractivity (Wildman–Crippen MR) is 71.7 cm³/mol. The van der Waals surface area contributed by atoms with Crippen LogP contribution in [0.4, 0.5) is 11.4 Å². The largest absolute Gasteiger partial charge is 0.453 e. The normalized spacial score (nSPS) is 11.6. The average Bonchev–Trinajstić information content (AvgIpc) is 2.43. The molecule has 18 heavy (non-hydrogen) atoms. The standard InChI is InChI=1S/C15H11NO2/c1-2-10-3-5-12-14(7-10)18-15-8-11(9-17)4-6-13(15)16-12/h2-9,16H,1H2. The summed E-state index contributed by atoms with van der Waals surface area (Å²) in [7, 11) is 0. The first-order valence-electron chi connectivity index (χ1n) is 5.61. The van der Waals surface area contributed by atoms with Crippen molar-refractivity contribution in [1.29, 1.82) is 0 Å². The SMILES string of the molecule is C=Cc1ccc2c(c1)Oc1cc(C=O)ccc1N2. The number of fused-ring (bicyclic) bond motifs is 2. The first-order valence-corrected chi connectivity index (χ1v) is 5.61. The van der Waals surface area contributed by atoms with E-state index in [1.165, 1.54) is 0 Å². The average molecular weight is 237 g/mol. The van der Waals surface area contributed by atoms with Crippen LogP contribution in [0.3, 0.4) is 0 Å². The molecule has 1 heterocycles. The number of ether oxygens (including phenoxy) is 1. The maximum absolute atomic E-state index is 10.7. The summed E-state index contributed by atoms with van der Waals surface area (Å²) < 4.78 is 5.79. The van der Waals surface area contributed by atoms with Gasteiger partial charge in [0.1, 0.15) is 6.29 Å². The van der Waals surface area contributed by atoms with Crippen molar-refractivity contribution in [2.75, 3.05) is 5.32 Å². The van der Waals surface area contributed by atoms with Crippen molar-refractivity contribution in [3.8, 4) is 11.5 Å². The Morgan fingerprint density at radius 3 is 2.22 bits per heavy atom. The zero-order chi connectivity index (χ0) is 12.5. The van der Waals surface area contributed by atoms with Gasteiger partial charge in [0.2, 0.25) is 0 Å². The summed E-state index contributed by atoms with van der Waals surface area (Å²) >= 11 is 0. The second kappa shape index (κ2) is 4.04. The van der Waals surface area contributed by atoms with Crippen LogP contribution >= 0.6 is 0 Å². The number of nitrogens with one attached hydrogen (secondary N) is 1. The molecule has 1 N–H and O–H groups in total. The lowest BCUT2D eigenvalue weighted by Gasteiger charge is -2.22. The van der Waals surface area contributed by atoms with Gasteiger partial charge in [-0.05, 0) is 35.9 Å². The van der Waals surface area contributed by atoms with E-state index < -0.39 is 0 Å². The summed E-state index contributed by atoms with van der Waals surface area (Å²) in [6, 6.07) is 11.1. The maximum Gasteiger partial charge on any atom is 0.151 e. The second-order valence-electron chi connectivity index (χ2n) is 4.06. The van der Waals surface area contributed by atoms with E-state index in [2.05, 4.69) is 11.9 Å². The lowest BCUT2D eigenvalue weighted by molar-refractivity contribution is 0.112. The summed E-state index contributed by atoms with van der Waals surface area (Å²) in [5, 5.41) is 3.27. The molecule has 0 amide bonds. The number of anilines is 2. The number of carbonyl (C=O) groups is 1. The van der Waals surface area contributed by atoms with Crippen LogP contribution in [-0.4, -0.2) is 6.29 Å². The highest BCUT2D eigenvalue weighted by molar-refractivity contribution is 5.82. The first kappa shape index (κ1) is 10.6. The molecule has 0 fully saturated rings. The van der Waals surface area contributed by atoms with E-state index in [4.69, 9.17) is 4.74 Å². The van der Waals surface area contributed by atoms with Crippen molar-refractivity contribution in [3.05, 3.63) is 54.1 Å². The number of rotatable bonds is 2. The van der Waals surface area contributed by atoms with Crippen LogP contribution in [0.25, 0.3) is 6.08 Å². The molecule has 3 rings (SSSR count). The minimum absolute atomic E-state index is 0.596. The molecule has 2 aromatic carbocycles. The van der Waals surface area contributed by atoms with Gasteiger partial charge in [0, 0.05) is 5.56 Å². The Labute approximate surface area is 105 Å². The molecule has 88 valence electrons. The monoisotopic (exact) mass is 237 g/mol. The molecule has 0 saturated heterocycles. The van der Waals surface area contributed by atoms with Crippen LogP contribution in [0, 0.1) is 0 Å². The number of hydrogen-bond donors (Lipinski definition) is 1. The van der Waals surface area contributed by atoms with Gasteiger partial charge in [0.25, 0.3) is 0 Å². The predicted octanol–water partition coefficient (Wildman–Crippen LogP) is 3.99.